The lowest BCUT2D eigenvalue weighted by Crippen LogP contribution is -2.67. The van der Waals surface area contributed by atoms with Crippen molar-refractivity contribution in [3.63, 3.8) is 0 Å². The molecule has 45 heavy (non-hydrogen) atoms. The molecule has 4 N–H and O–H groups in total. The Morgan fingerprint density at radius 1 is 1.00 bits per heavy atom. The molecule has 0 saturated heterocycles. The molecule has 0 amide bonds. The first kappa shape index (κ1) is 31.3. The summed E-state index contributed by atoms with van der Waals surface area (Å²) >= 11 is 0. The Labute approximate surface area is 264 Å². The Morgan fingerprint density at radius 2 is 1.64 bits per heavy atom. The first-order chi connectivity index (χ1) is 20.8. The van der Waals surface area contributed by atoms with Crippen molar-refractivity contribution < 1.29 is 34.8 Å². The molecule has 0 spiro atoms. The molecule has 0 heterocycles. The number of benzene rings is 2. The van der Waals surface area contributed by atoms with Crippen LogP contribution in [0.3, 0.4) is 0 Å². The van der Waals surface area contributed by atoms with Crippen LogP contribution in [0.25, 0.3) is 11.1 Å². The maximum absolute atomic E-state index is 14.7. The summed E-state index contributed by atoms with van der Waals surface area (Å²) < 4.78 is 0. The first-order valence-corrected chi connectivity index (χ1v) is 16.0. The Morgan fingerprint density at radius 3 is 2.24 bits per heavy atom. The van der Waals surface area contributed by atoms with Crippen molar-refractivity contribution in [1.29, 1.82) is 0 Å². The average Bonchev–Trinajstić information content (AvgIpc) is 3.37. The molecule has 4 aliphatic carbocycles. The molecule has 1 unspecified atom stereocenters. The lowest BCUT2D eigenvalue weighted by atomic mass is 9.44. The van der Waals surface area contributed by atoms with E-state index in [1.165, 1.54) is 11.1 Å². The lowest BCUT2D eigenvalue weighted by Gasteiger charge is -2.59. The predicted molar refractivity (Wildman–Crippen MR) is 171 cm³/mol. The molecule has 0 aromatic heterocycles. The number of fused-ring (bicyclic) bond motifs is 4. The van der Waals surface area contributed by atoms with E-state index < -0.39 is 56.4 Å². The normalized spacial score (nSPS) is 29.5. The molecule has 6 rings (SSSR count). The van der Waals surface area contributed by atoms with E-state index >= 15 is 0 Å². The summed E-state index contributed by atoms with van der Waals surface area (Å²) in [5.41, 5.74) is -0.689. The molecule has 238 valence electrons. The van der Waals surface area contributed by atoms with Crippen LogP contribution in [-0.2, 0) is 34.3 Å². The van der Waals surface area contributed by atoms with Crippen molar-refractivity contribution in [1.82, 2.24) is 0 Å². The van der Waals surface area contributed by atoms with Gasteiger partial charge in [0.2, 0.25) is 5.78 Å². The number of phenolic OH excluding ortho intramolecular Hbond substituents is 1. The standard InChI is InChI=1S/C38H44O7/c1-18(2)28-31(41)26(19(3)39)33(43)38(45)34(44)29-32(42)27-24(16-36(29,7)17-37(28,38)8)23(15-25(30(27)40)35(4,5)6)22-13-12-20-10-9-11-21(20)14-22/h12-15,18,28,40-41,44-45H,9-11,16-17H2,1-8H3/t28?,36-,37-,38+/m1/s1. The molecular weight excluding hydrogens is 568 g/mol. The van der Waals surface area contributed by atoms with Gasteiger partial charge in [0.1, 0.15) is 22.8 Å². The third-order valence-corrected chi connectivity index (χ3v) is 11.2. The minimum atomic E-state index is -2.63. The van der Waals surface area contributed by atoms with Gasteiger partial charge in [0, 0.05) is 27.9 Å². The number of rotatable bonds is 3. The second kappa shape index (κ2) is 9.65. The number of aliphatic hydroxyl groups is 3. The van der Waals surface area contributed by atoms with E-state index in [0.29, 0.717) is 11.1 Å². The van der Waals surface area contributed by atoms with Gasteiger partial charge < -0.3 is 20.4 Å². The third-order valence-electron chi connectivity index (χ3n) is 11.2. The summed E-state index contributed by atoms with van der Waals surface area (Å²) in [5, 5.41) is 47.5. The van der Waals surface area contributed by atoms with Crippen LogP contribution < -0.4 is 0 Å². The molecule has 4 aliphatic rings. The fraction of sp³-hybridized carbons (Fsp3) is 0.500. The highest BCUT2D eigenvalue weighted by atomic mass is 16.3. The number of ketones is 3. The highest BCUT2D eigenvalue weighted by Crippen LogP contribution is 2.65. The smallest absolute Gasteiger partial charge is 0.209 e. The van der Waals surface area contributed by atoms with Crippen LogP contribution in [-0.4, -0.2) is 43.4 Å². The fourth-order valence-electron chi connectivity index (χ4n) is 9.37. The van der Waals surface area contributed by atoms with Crippen LogP contribution in [0.2, 0.25) is 0 Å². The van der Waals surface area contributed by atoms with Crippen LogP contribution in [0.1, 0.15) is 101 Å². The number of Topliss-reactive ketones (excluding diaryl/α,β-unsaturated/α-hetero) is 3. The largest absolute Gasteiger partial charge is 0.511 e. The molecule has 4 atom stereocenters. The topological polar surface area (TPSA) is 132 Å². The Kier molecular flexibility index (Phi) is 6.71. The number of aliphatic hydroxyl groups excluding tert-OH is 2. The summed E-state index contributed by atoms with van der Waals surface area (Å²) in [4.78, 5) is 41.4. The molecule has 0 saturated carbocycles. The molecule has 7 nitrogen and oxygen atoms in total. The van der Waals surface area contributed by atoms with Gasteiger partial charge in [-0.15, -0.1) is 0 Å². The van der Waals surface area contributed by atoms with Crippen LogP contribution in [0.4, 0.5) is 0 Å². The maximum Gasteiger partial charge on any atom is 0.209 e. The molecule has 0 fully saturated rings. The highest BCUT2D eigenvalue weighted by molar-refractivity contribution is 6.25. The molecule has 7 heteroatoms. The van der Waals surface area contributed by atoms with Gasteiger partial charge in [-0.1, -0.05) is 66.7 Å². The van der Waals surface area contributed by atoms with Crippen molar-refractivity contribution in [2.45, 2.75) is 98.5 Å². The molecule has 2 aromatic rings. The van der Waals surface area contributed by atoms with Gasteiger partial charge in [-0.3, -0.25) is 14.4 Å². The van der Waals surface area contributed by atoms with Crippen molar-refractivity contribution in [3.8, 4) is 16.9 Å². The number of carbonyl (C=O) groups is 3. The first-order valence-electron chi connectivity index (χ1n) is 16.0. The number of hydrogen-bond acceptors (Lipinski definition) is 7. The number of carbonyl (C=O) groups excluding carboxylic acids is 3. The molecular formula is C38H44O7. The Hall–Kier alpha value is -3.71. The number of aromatic hydroxyl groups is 1. The number of phenols is 1. The van der Waals surface area contributed by atoms with E-state index in [4.69, 9.17) is 0 Å². The van der Waals surface area contributed by atoms with E-state index in [1.807, 2.05) is 47.6 Å². The van der Waals surface area contributed by atoms with Gasteiger partial charge in [0.25, 0.3) is 0 Å². The highest BCUT2D eigenvalue weighted by Gasteiger charge is 2.71. The molecule has 2 aromatic carbocycles. The van der Waals surface area contributed by atoms with Crippen molar-refractivity contribution in [2.24, 2.45) is 22.7 Å². The Balaban J connectivity index is 1.66. The van der Waals surface area contributed by atoms with E-state index in [9.17, 15) is 34.8 Å². The van der Waals surface area contributed by atoms with Crippen LogP contribution >= 0.6 is 0 Å². The number of hydrogen-bond donors (Lipinski definition) is 4. The second-order valence-electron chi connectivity index (χ2n) is 15.7. The summed E-state index contributed by atoms with van der Waals surface area (Å²) in [5.74, 6) is -5.01. The summed E-state index contributed by atoms with van der Waals surface area (Å²) in [6.45, 7) is 14.2. The lowest BCUT2D eigenvalue weighted by molar-refractivity contribution is -0.171. The molecule has 0 radical (unpaired) electrons. The fourth-order valence-corrected chi connectivity index (χ4v) is 9.37. The monoisotopic (exact) mass is 612 g/mol. The zero-order chi connectivity index (χ0) is 33.2. The summed E-state index contributed by atoms with van der Waals surface area (Å²) in [7, 11) is 0. The van der Waals surface area contributed by atoms with E-state index in [1.54, 1.807) is 6.92 Å². The predicted octanol–water partition coefficient (Wildman–Crippen LogP) is 6.80. The van der Waals surface area contributed by atoms with Gasteiger partial charge in [-0.2, -0.15) is 0 Å². The Bertz CT molecular complexity index is 1780. The summed E-state index contributed by atoms with van der Waals surface area (Å²) in [6, 6.07) is 8.37. The quantitative estimate of drug-likeness (QED) is 0.280. The van der Waals surface area contributed by atoms with E-state index in [0.717, 1.165) is 37.3 Å². The van der Waals surface area contributed by atoms with Gasteiger partial charge >= 0.3 is 0 Å². The van der Waals surface area contributed by atoms with Gasteiger partial charge in [-0.25, -0.2) is 0 Å². The van der Waals surface area contributed by atoms with Crippen molar-refractivity contribution in [3.05, 3.63) is 74.7 Å². The number of aryl methyl sites for hydroxylation is 2. The van der Waals surface area contributed by atoms with Crippen LogP contribution in [0, 0.1) is 22.7 Å². The van der Waals surface area contributed by atoms with Gasteiger partial charge in [0.05, 0.1) is 5.56 Å². The van der Waals surface area contributed by atoms with Crippen LogP contribution in [0.15, 0.2) is 46.9 Å². The van der Waals surface area contributed by atoms with E-state index in [2.05, 4.69) is 18.2 Å². The maximum atomic E-state index is 14.7. The van der Waals surface area contributed by atoms with Gasteiger partial charge in [-0.05, 0) is 84.2 Å². The van der Waals surface area contributed by atoms with Crippen molar-refractivity contribution >= 4 is 17.3 Å². The SMILES string of the molecule is CC(=O)C1=C(O)C(C(C)C)[C@@]2(C)C[C@@]3(C)Cc4c(-c5ccc6c(c5)CCC6)cc(C(C)(C)C)c(O)c4C(=O)C3=C(O)[C@@]2(O)C1=O. The van der Waals surface area contributed by atoms with Crippen LogP contribution in [0.5, 0.6) is 5.75 Å². The zero-order valence-corrected chi connectivity index (χ0v) is 27.5. The minimum absolute atomic E-state index is 0.0658. The number of allylic oxidation sites excluding steroid dienone is 2. The van der Waals surface area contributed by atoms with Crippen molar-refractivity contribution in [2.75, 3.05) is 0 Å². The average molecular weight is 613 g/mol. The third kappa shape index (κ3) is 4.02. The van der Waals surface area contributed by atoms with E-state index in [-0.39, 0.29) is 41.4 Å². The minimum Gasteiger partial charge on any atom is -0.511 e. The second-order valence-corrected chi connectivity index (χ2v) is 15.7. The molecule has 0 aliphatic heterocycles. The molecule has 0 bridgehead atoms. The zero-order valence-electron chi connectivity index (χ0n) is 27.5. The van der Waals surface area contributed by atoms with Gasteiger partial charge in [0.15, 0.2) is 17.2 Å². The summed E-state index contributed by atoms with van der Waals surface area (Å²) in [6.07, 6.45) is 3.41.